The van der Waals surface area contributed by atoms with Crippen molar-refractivity contribution in [3.05, 3.63) is 35.6 Å². The number of hydrogen-bond acceptors (Lipinski definition) is 4. The number of allylic oxidation sites excluding steroid dienone is 3. The van der Waals surface area contributed by atoms with Crippen LogP contribution in [-0.2, 0) is 0 Å². The molecule has 0 spiro atoms. The van der Waals surface area contributed by atoms with Crippen LogP contribution in [0.5, 0.6) is 0 Å². The van der Waals surface area contributed by atoms with Crippen molar-refractivity contribution >= 4 is 12.3 Å². The molecule has 1 aliphatic carbocycles. The zero-order valence-corrected chi connectivity index (χ0v) is 7.66. The number of rotatable bonds is 0. The highest BCUT2D eigenvalue weighted by Gasteiger charge is 2.41. The third-order valence-corrected chi connectivity index (χ3v) is 2.48. The van der Waals surface area contributed by atoms with Crippen molar-refractivity contribution in [2.45, 2.75) is 6.04 Å². The van der Waals surface area contributed by atoms with Gasteiger partial charge in [0, 0.05) is 6.21 Å². The van der Waals surface area contributed by atoms with Gasteiger partial charge in [-0.3, -0.25) is 5.43 Å². The maximum absolute atomic E-state index is 10.9. The standard InChI is InChI=1S/C9H8N4O2/c14-9(15)13-11-7-3-1-2-6-4-5-10-12(13)8(6)7/h1-5,8,11H,(H,14,15). The molecule has 15 heavy (non-hydrogen) atoms. The third-order valence-electron chi connectivity index (χ3n) is 2.48. The topological polar surface area (TPSA) is 68.2 Å². The Morgan fingerprint density at radius 2 is 2.40 bits per heavy atom. The largest absolute Gasteiger partial charge is 0.462 e. The van der Waals surface area contributed by atoms with E-state index in [1.54, 1.807) is 6.21 Å². The predicted octanol–water partition coefficient (Wildman–Crippen LogP) is 0.450. The van der Waals surface area contributed by atoms with Gasteiger partial charge in [-0.25, -0.2) is 4.79 Å². The predicted molar refractivity (Wildman–Crippen MR) is 52.4 cm³/mol. The molecule has 1 unspecified atom stereocenters. The Morgan fingerprint density at radius 3 is 3.20 bits per heavy atom. The quantitative estimate of drug-likeness (QED) is 0.601. The van der Waals surface area contributed by atoms with Crippen LogP contribution in [0.25, 0.3) is 0 Å². The second kappa shape index (κ2) is 2.63. The van der Waals surface area contributed by atoms with Crippen molar-refractivity contribution in [1.82, 2.24) is 15.7 Å². The minimum absolute atomic E-state index is 0.129. The summed E-state index contributed by atoms with van der Waals surface area (Å²) in [6.45, 7) is 0. The normalized spacial score (nSPS) is 25.7. The minimum Gasteiger partial charge on any atom is -0.462 e. The van der Waals surface area contributed by atoms with E-state index in [0.29, 0.717) is 0 Å². The number of hydrazine groups is 2. The van der Waals surface area contributed by atoms with Gasteiger partial charge in [-0.15, -0.1) is 5.12 Å². The van der Waals surface area contributed by atoms with E-state index in [1.165, 1.54) is 5.12 Å². The molecule has 1 amide bonds. The minimum atomic E-state index is -1.08. The summed E-state index contributed by atoms with van der Waals surface area (Å²) >= 11 is 0. The molecule has 0 aromatic carbocycles. The summed E-state index contributed by atoms with van der Waals surface area (Å²) in [5, 5.41) is 15.4. The molecule has 0 aromatic heterocycles. The molecule has 2 heterocycles. The molecule has 1 fully saturated rings. The molecule has 0 saturated carbocycles. The molecule has 3 rings (SSSR count). The van der Waals surface area contributed by atoms with Gasteiger partial charge >= 0.3 is 6.09 Å². The number of carboxylic acid groups (broad SMARTS) is 1. The van der Waals surface area contributed by atoms with Crippen molar-refractivity contribution in [3.8, 4) is 0 Å². The summed E-state index contributed by atoms with van der Waals surface area (Å²) in [6.07, 6.45) is 8.05. The van der Waals surface area contributed by atoms with E-state index in [4.69, 9.17) is 5.11 Å². The molecule has 1 atom stereocenters. The fourth-order valence-corrected chi connectivity index (χ4v) is 1.86. The molecule has 3 aliphatic rings. The molecular formula is C9H8N4O2. The van der Waals surface area contributed by atoms with E-state index in [1.807, 2.05) is 24.3 Å². The van der Waals surface area contributed by atoms with E-state index in [0.717, 1.165) is 16.4 Å². The number of amides is 1. The van der Waals surface area contributed by atoms with Gasteiger partial charge in [0.2, 0.25) is 0 Å². The third kappa shape index (κ3) is 0.983. The van der Waals surface area contributed by atoms with Gasteiger partial charge < -0.3 is 5.11 Å². The first-order valence-corrected chi connectivity index (χ1v) is 4.48. The van der Waals surface area contributed by atoms with Crippen LogP contribution in [0, 0.1) is 0 Å². The first-order chi connectivity index (χ1) is 7.27. The van der Waals surface area contributed by atoms with Gasteiger partial charge in [-0.05, 0) is 17.7 Å². The Balaban J connectivity index is 2.06. The lowest BCUT2D eigenvalue weighted by Crippen LogP contribution is -2.45. The van der Waals surface area contributed by atoms with E-state index >= 15 is 0 Å². The Labute approximate surface area is 85.4 Å². The average molecular weight is 204 g/mol. The van der Waals surface area contributed by atoms with Gasteiger partial charge in [0.25, 0.3) is 0 Å². The number of carbonyl (C=O) groups is 1. The number of nitrogens with zero attached hydrogens (tertiary/aromatic N) is 3. The van der Waals surface area contributed by atoms with Crippen molar-refractivity contribution < 1.29 is 9.90 Å². The summed E-state index contributed by atoms with van der Waals surface area (Å²) in [6, 6.07) is -0.129. The highest BCUT2D eigenvalue weighted by Crippen LogP contribution is 2.30. The zero-order chi connectivity index (χ0) is 10.4. The second-order valence-corrected chi connectivity index (χ2v) is 3.34. The maximum Gasteiger partial charge on any atom is 0.447 e. The van der Waals surface area contributed by atoms with Crippen LogP contribution in [0.15, 0.2) is 40.7 Å². The van der Waals surface area contributed by atoms with Crippen LogP contribution < -0.4 is 5.43 Å². The van der Waals surface area contributed by atoms with Gasteiger partial charge in [0.05, 0.1) is 5.70 Å². The Morgan fingerprint density at radius 1 is 1.53 bits per heavy atom. The Kier molecular flexibility index (Phi) is 1.42. The first-order valence-electron chi connectivity index (χ1n) is 4.48. The van der Waals surface area contributed by atoms with Crippen molar-refractivity contribution in [1.29, 1.82) is 0 Å². The number of nitrogens with one attached hydrogen (secondary N) is 1. The molecule has 0 aromatic rings. The summed E-state index contributed by atoms with van der Waals surface area (Å²) < 4.78 is 0. The monoisotopic (exact) mass is 204 g/mol. The molecule has 2 N–H and O–H groups in total. The van der Waals surface area contributed by atoms with E-state index in [-0.39, 0.29) is 6.04 Å². The summed E-state index contributed by atoms with van der Waals surface area (Å²) in [4.78, 5) is 10.9. The fraction of sp³-hybridized carbons (Fsp3) is 0.111. The molecule has 0 bridgehead atoms. The molecular weight excluding hydrogens is 196 g/mol. The van der Waals surface area contributed by atoms with Crippen LogP contribution in [-0.4, -0.2) is 33.7 Å². The van der Waals surface area contributed by atoms with Crippen LogP contribution in [0.3, 0.4) is 0 Å². The molecule has 76 valence electrons. The molecule has 0 radical (unpaired) electrons. The van der Waals surface area contributed by atoms with Gasteiger partial charge in [0.1, 0.15) is 6.04 Å². The van der Waals surface area contributed by atoms with Crippen LogP contribution in [0.4, 0.5) is 4.79 Å². The molecule has 6 nitrogen and oxygen atoms in total. The van der Waals surface area contributed by atoms with Crippen LogP contribution >= 0.6 is 0 Å². The summed E-state index contributed by atoms with van der Waals surface area (Å²) in [5.41, 5.74) is 4.63. The van der Waals surface area contributed by atoms with Crippen LogP contribution in [0.2, 0.25) is 0 Å². The average Bonchev–Trinajstić information content (AvgIpc) is 2.61. The van der Waals surface area contributed by atoms with Crippen molar-refractivity contribution in [2.75, 3.05) is 0 Å². The second-order valence-electron chi connectivity index (χ2n) is 3.34. The van der Waals surface area contributed by atoms with Crippen LogP contribution in [0.1, 0.15) is 0 Å². The summed E-state index contributed by atoms with van der Waals surface area (Å²) in [7, 11) is 0. The zero-order valence-electron chi connectivity index (χ0n) is 7.66. The van der Waals surface area contributed by atoms with E-state index in [9.17, 15) is 4.79 Å². The fourth-order valence-electron chi connectivity index (χ4n) is 1.86. The summed E-state index contributed by atoms with van der Waals surface area (Å²) in [5.74, 6) is 0. The van der Waals surface area contributed by atoms with Gasteiger partial charge in [-0.1, -0.05) is 12.2 Å². The lowest BCUT2D eigenvalue weighted by atomic mass is 9.99. The van der Waals surface area contributed by atoms with Crippen molar-refractivity contribution in [3.63, 3.8) is 0 Å². The molecule has 6 heteroatoms. The highest BCUT2D eigenvalue weighted by molar-refractivity contribution is 5.76. The number of hydrazone groups is 1. The van der Waals surface area contributed by atoms with E-state index < -0.39 is 6.09 Å². The lowest BCUT2D eigenvalue weighted by Gasteiger charge is -2.27. The lowest BCUT2D eigenvalue weighted by molar-refractivity contribution is -0.00792. The van der Waals surface area contributed by atoms with Gasteiger partial charge in [-0.2, -0.15) is 10.2 Å². The maximum atomic E-state index is 10.9. The smallest absolute Gasteiger partial charge is 0.447 e. The highest BCUT2D eigenvalue weighted by atomic mass is 16.4. The Bertz CT molecular complexity index is 449. The first kappa shape index (κ1) is 8.10. The number of hydrogen-bond donors (Lipinski definition) is 2. The molecule has 2 aliphatic heterocycles. The Hall–Kier alpha value is -2.24. The SMILES string of the molecule is O=C(O)N1NC2=CC=CC3=CC=NN1C32. The molecule has 1 saturated heterocycles. The van der Waals surface area contributed by atoms with Crippen molar-refractivity contribution in [2.24, 2.45) is 5.10 Å². The van der Waals surface area contributed by atoms with Gasteiger partial charge in [0.15, 0.2) is 0 Å². The van der Waals surface area contributed by atoms with E-state index in [2.05, 4.69) is 10.5 Å².